The third-order valence-electron chi connectivity index (χ3n) is 2.99. The number of hydrogen-bond donors (Lipinski definition) is 1. The first-order chi connectivity index (χ1) is 9.74. The van der Waals surface area contributed by atoms with Crippen molar-refractivity contribution >= 4 is 11.6 Å². The van der Waals surface area contributed by atoms with Gasteiger partial charge in [-0.05, 0) is 25.5 Å². The largest absolute Gasteiger partial charge is 0.478 e. The average Bonchev–Trinajstić information content (AvgIpc) is 2.47. The van der Waals surface area contributed by atoms with Crippen LogP contribution in [0.5, 0.6) is 5.88 Å². The lowest BCUT2D eigenvalue weighted by Crippen LogP contribution is -2.24. The highest BCUT2D eigenvalue weighted by molar-refractivity contribution is 5.48. The normalized spacial score (nSPS) is 10.3. The third kappa shape index (κ3) is 3.38. The molecule has 0 aliphatic rings. The molecule has 0 bridgehead atoms. The van der Waals surface area contributed by atoms with Crippen molar-refractivity contribution in [1.29, 1.82) is 0 Å². The number of nitrogens with two attached hydrogens (primary N) is 1. The summed E-state index contributed by atoms with van der Waals surface area (Å²) in [5.41, 5.74) is 7.84. The Morgan fingerprint density at radius 2 is 2.00 bits per heavy atom. The second kappa shape index (κ2) is 6.75. The smallest absolute Gasteiger partial charge is 0.228 e. The maximum Gasteiger partial charge on any atom is 0.228 e. The summed E-state index contributed by atoms with van der Waals surface area (Å²) >= 11 is 0. The van der Waals surface area contributed by atoms with Crippen LogP contribution in [0.2, 0.25) is 0 Å². The minimum Gasteiger partial charge on any atom is -0.478 e. The highest BCUT2D eigenvalue weighted by Gasteiger charge is 2.11. The quantitative estimate of drug-likeness (QED) is 0.818. The Morgan fingerprint density at radius 1 is 1.20 bits per heavy atom. The van der Waals surface area contributed by atoms with Gasteiger partial charge in [-0.2, -0.15) is 4.98 Å². The van der Waals surface area contributed by atoms with E-state index in [2.05, 4.69) is 21.8 Å². The van der Waals surface area contributed by atoms with Crippen molar-refractivity contribution in [2.24, 2.45) is 0 Å². The molecule has 2 rings (SSSR count). The predicted molar refractivity (Wildman–Crippen MR) is 80.8 cm³/mol. The van der Waals surface area contributed by atoms with E-state index in [-0.39, 0.29) is 0 Å². The van der Waals surface area contributed by atoms with Crippen molar-refractivity contribution in [3.63, 3.8) is 0 Å². The molecule has 1 heterocycles. The monoisotopic (exact) mass is 272 g/mol. The van der Waals surface area contributed by atoms with Gasteiger partial charge < -0.3 is 15.4 Å². The van der Waals surface area contributed by atoms with Crippen LogP contribution in [-0.2, 0) is 6.54 Å². The lowest BCUT2D eigenvalue weighted by Gasteiger charge is -2.21. The molecule has 5 nitrogen and oxygen atoms in total. The van der Waals surface area contributed by atoms with Gasteiger partial charge in [0.25, 0.3) is 0 Å². The molecule has 0 radical (unpaired) electrons. The van der Waals surface area contributed by atoms with Gasteiger partial charge in [0, 0.05) is 31.0 Å². The summed E-state index contributed by atoms with van der Waals surface area (Å²) < 4.78 is 5.41. The van der Waals surface area contributed by atoms with Gasteiger partial charge in [-0.3, -0.25) is 0 Å². The van der Waals surface area contributed by atoms with E-state index >= 15 is 0 Å². The van der Waals surface area contributed by atoms with Crippen molar-refractivity contribution in [1.82, 2.24) is 9.97 Å². The van der Waals surface area contributed by atoms with Gasteiger partial charge in [0.05, 0.1) is 6.61 Å². The molecule has 1 aromatic carbocycles. The number of nitrogen functional groups attached to an aromatic ring is 1. The molecule has 1 aromatic heterocycles. The van der Waals surface area contributed by atoms with Crippen LogP contribution in [-0.4, -0.2) is 23.1 Å². The average molecular weight is 272 g/mol. The van der Waals surface area contributed by atoms with Crippen LogP contribution in [0.3, 0.4) is 0 Å². The molecule has 0 aliphatic carbocycles. The van der Waals surface area contributed by atoms with Crippen molar-refractivity contribution in [2.75, 3.05) is 23.8 Å². The summed E-state index contributed by atoms with van der Waals surface area (Å²) in [6.07, 6.45) is 1.71. The Hall–Kier alpha value is -2.30. The molecular formula is C15H20N4O. The molecule has 0 saturated heterocycles. The first kappa shape index (κ1) is 14.1. The van der Waals surface area contributed by atoms with E-state index in [0.29, 0.717) is 25.0 Å². The SMILES string of the molecule is CCOc1ccnc(N(CC)Cc2ccccc2N)n1. The summed E-state index contributed by atoms with van der Waals surface area (Å²) in [6.45, 7) is 6.07. The van der Waals surface area contributed by atoms with Crippen molar-refractivity contribution < 1.29 is 4.74 Å². The van der Waals surface area contributed by atoms with Crippen LogP contribution in [0.15, 0.2) is 36.5 Å². The Balaban J connectivity index is 2.20. The second-order valence-electron chi connectivity index (χ2n) is 4.34. The fourth-order valence-electron chi connectivity index (χ4n) is 1.92. The molecule has 2 N–H and O–H groups in total. The van der Waals surface area contributed by atoms with Gasteiger partial charge in [0.15, 0.2) is 0 Å². The van der Waals surface area contributed by atoms with Crippen LogP contribution in [0, 0.1) is 0 Å². The van der Waals surface area contributed by atoms with E-state index in [4.69, 9.17) is 10.5 Å². The number of aromatic nitrogens is 2. The van der Waals surface area contributed by atoms with Crippen LogP contribution in [0.1, 0.15) is 19.4 Å². The van der Waals surface area contributed by atoms with E-state index in [1.807, 2.05) is 31.2 Å². The van der Waals surface area contributed by atoms with Gasteiger partial charge in [0.1, 0.15) is 0 Å². The van der Waals surface area contributed by atoms with Crippen LogP contribution >= 0.6 is 0 Å². The number of anilines is 2. The second-order valence-corrected chi connectivity index (χ2v) is 4.34. The zero-order valence-electron chi connectivity index (χ0n) is 11.9. The predicted octanol–water partition coefficient (Wildman–Crippen LogP) is 2.48. The fraction of sp³-hybridized carbons (Fsp3) is 0.333. The highest BCUT2D eigenvalue weighted by atomic mass is 16.5. The van der Waals surface area contributed by atoms with Gasteiger partial charge in [-0.15, -0.1) is 0 Å². The first-order valence-corrected chi connectivity index (χ1v) is 6.78. The van der Waals surface area contributed by atoms with E-state index < -0.39 is 0 Å². The van der Waals surface area contributed by atoms with Crippen LogP contribution in [0.4, 0.5) is 11.6 Å². The number of hydrogen-bond acceptors (Lipinski definition) is 5. The number of nitrogens with zero attached hydrogens (tertiary/aromatic N) is 3. The standard InChI is InChI=1S/C15H20N4O/c1-3-19(11-12-7-5-6-8-13(12)16)15-17-10-9-14(18-15)20-4-2/h5-10H,3-4,11,16H2,1-2H3. The van der Waals surface area contributed by atoms with Gasteiger partial charge in [0.2, 0.25) is 11.8 Å². The summed E-state index contributed by atoms with van der Waals surface area (Å²) in [4.78, 5) is 10.8. The minimum absolute atomic E-state index is 0.591. The highest BCUT2D eigenvalue weighted by Crippen LogP contribution is 2.18. The Morgan fingerprint density at radius 3 is 2.70 bits per heavy atom. The molecule has 0 unspecified atom stereocenters. The van der Waals surface area contributed by atoms with E-state index in [9.17, 15) is 0 Å². The third-order valence-corrected chi connectivity index (χ3v) is 2.99. The number of ether oxygens (including phenoxy) is 1. The molecule has 2 aromatic rings. The van der Waals surface area contributed by atoms with Crippen molar-refractivity contribution in [2.45, 2.75) is 20.4 Å². The molecule has 0 atom stereocenters. The molecule has 0 fully saturated rings. The number of benzene rings is 1. The van der Waals surface area contributed by atoms with Gasteiger partial charge >= 0.3 is 0 Å². The molecule has 106 valence electrons. The molecule has 20 heavy (non-hydrogen) atoms. The number of rotatable bonds is 6. The van der Waals surface area contributed by atoms with Gasteiger partial charge in [-0.25, -0.2) is 4.98 Å². The van der Waals surface area contributed by atoms with Crippen molar-refractivity contribution in [3.8, 4) is 5.88 Å². The Bertz CT molecular complexity index is 559. The maximum absolute atomic E-state index is 5.99. The number of para-hydroxylation sites is 1. The van der Waals surface area contributed by atoms with Gasteiger partial charge in [-0.1, -0.05) is 18.2 Å². The zero-order valence-corrected chi connectivity index (χ0v) is 11.9. The summed E-state index contributed by atoms with van der Waals surface area (Å²) in [5, 5.41) is 0. The summed E-state index contributed by atoms with van der Waals surface area (Å²) in [6, 6.07) is 9.60. The first-order valence-electron chi connectivity index (χ1n) is 6.78. The molecular weight excluding hydrogens is 252 g/mol. The molecule has 0 amide bonds. The van der Waals surface area contributed by atoms with Crippen LogP contribution < -0.4 is 15.4 Å². The molecule has 0 aliphatic heterocycles. The van der Waals surface area contributed by atoms with Crippen molar-refractivity contribution in [3.05, 3.63) is 42.1 Å². The van der Waals surface area contributed by atoms with E-state index in [0.717, 1.165) is 17.8 Å². The zero-order chi connectivity index (χ0) is 14.4. The van der Waals surface area contributed by atoms with Crippen LogP contribution in [0.25, 0.3) is 0 Å². The lowest BCUT2D eigenvalue weighted by molar-refractivity contribution is 0.326. The fourth-order valence-corrected chi connectivity index (χ4v) is 1.92. The topological polar surface area (TPSA) is 64.3 Å². The molecule has 0 spiro atoms. The Labute approximate surface area is 119 Å². The molecule has 5 heteroatoms. The molecule has 0 saturated carbocycles. The minimum atomic E-state index is 0.591. The van der Waals surface area contributed by atoms with E-state index in [1.165, 1.54) is 0 Å². The Kier molecular flexibility index (Phi) is 4.76. The summed E-state index contributed by atoms with van der Waals surface area (Å²) in [5.74, 6) is 1.25. The van der Waals surface area contributed by atoms with E-state index in [1.54, 1.807) is 12.3 Å². The maximum atomic E-state index is 5.99. The lowest BCUT2D eigenvalue weighted by atomic mass is 10.2. The summed E-state index contributed by atoms with van der Waals surface area (Å²) in [7, 11) is 0.